The first-order valence-corrected chi connectivity index (χ1v) is 11.4. The molecule has 0 saturated heterocycles. The summed E-state index contributed by atoms with van der Waals surface area (Å²) in [7, 11) is -3.74. The lowest BCUT2D eigenvalue weighted by Gasteiger charge is -2.14. The number of nitrogens with one attached hydrogen (secondary N) is 1. The van der Waals surface area contributed by atoms with E-state index < -0.39 is 10.0 Å². The van der Waals surface area contributed by atoms with Crippen LogP contribution in [0.2, 0.25) is 0 Å². The normalized spacial score (nSPS) is 11.6. The molecule has 3 aromatic carbocycles. The van der Waals surface area contributed by atoms with Crippen LogP contribution in [0.3, 0.4) is 0 Å². The van der Waals surface area contributed by atoms with Gasteiger partial charge in [-0.05, 0) is 86.8 Å². The summed E-state index contributed by atoms with van der Waals surface area (Å²) in [5.41, 5.74) is 4.17. The van der Waals surface area contributed by atoms with Crippen LogP contribution in [0.1, 0.15) is 22.5 Å². The maximum atomic E-state index is 13.0. The summed E-state index contributed by atoms with van der Waals surface area (Å²) >= 11 is 0. The van der Waals surface area contributed by atoms with Gasteiger partial charge in [-0.15, -0.1) is 0 Å². The molecule has 0 unspecified atom stereocenters. The first-order chi connectivity index (χ1) is 14.7. The topological polar surface area (TPSA) is 81.1 Å². The number of sulfonamides is 1. The maximum absolute atomic E-state index is 13.0. The largest absolute Gasteiger partial charge is 0.280 e. The number of fused-ring (bicyclic) bond motifs is 1. The molecule has 31 heavy (non-hydrogen) atoms. The summed E-state index contributed by atoms with van der Waals surface area (Å²) in [4.78, 5) is 17.7. The maximum Gasteiger partial charge on any atom is 0.265 e. The lowest BCUT2D eigenvalue weighted by atomic mass is 10.1. The average Bonchev–Trinajstić information content (AvgIpc) is 2.71. The predicted molar refractivity (Wildman–Crippen MR) is 124 cm³/mol. The van der Waals surface area contributed by atoms with E-state index in [1.54, 1.807) is 62.4 Å². The van der Waals surface area contributed by atoms with E-state index in [1.165, 1.54) is 4.57 Å². The van der Waals surface area contributed by atoms with Crippen molar-refractivity contribution in [1.82, 2.24) is 9.55 Å². The summed E-state index contributed by atoms with van der Waals surface area (Å²) in [5.74, 6) is 0.558. The molecule has 4 rings (SSSR count). The van der Waals surface area contributed by atoms with E-state index in [2.05, 4.69) is 9.71 Å². The molecule has 7 heteroatoms. The zero-order chi connectivity index (χ0) is 22.3. The van der Waals surface area contributed by atoms with E-state index in [4.69, 9.17) is 0 Å². The number of aromatic nitrogens is 2. The third-order valence-corrected chi connectivity index (χ3v) is 6.93. The molecule has 0 fully saturated rings. The summed E-state index contributed by atoms with van der Waals surface area (Å²) in [5, 5.41) is 0.531. The second-order valence-electron chi connectivity index (χ2n) is 7.67. The molecule has 0 saturated carbocycles. The monoisotopic (exact) mass is 433 g/mol. The molecule has 0 aliphatic heterocycles. The van der Waals surface area contributed by atoms with Crippen LogP contribution in [-0.4, -0.2) is 18.0 Å². The van der Waals surface area contributed by atoms with Crippen molar-refractivity contribution >= 4 is 26.6 Å². The van der Waals surface area contributed by atoms with Crippen molar-refractivity contribution in [3.8, 4) is 5.69 Å². The summed E-state index contributed by atoms with van der Waals surface area (Å²) in [6.45, 7) is 7.40. The highest BCUT2D eigenvalue weighted by atomic mass is 32.2. The Hall–Kier alpha value is -3.45. The number of rotatable bonds is 4. The average molecular weight is 434 g/mol. The molecule has 4 aromatic rings. The Labute approximate surface area is 181 Å². The van der Waals surface area contributed by atoms with E-state index in [-0.39, 0.29) is 10.5 Å². The highest BCUT2D eigenvalue weighted by molar-refractivity contribution is 7.92. The van der Waals surface area contributed by atoms with Crippen LogP contribution in [0.4, 0.5) is 5.69 Å². The Kier molecular flexibility index (Phi) is 5.15. The first kappa shape index (κ1) is 20.8. The Morgan fingerprint density at radius 1 is 0.839 bits per heavy atom. The lowest BCUT2D eigenvalue weighted by Crippen LogP contribution is -2.22. The third kappa shape index (κ3) is 3.84. The van der Waals surface area contributed by atoms with Gasteiger partial charge in [0.2, 0.25) is 0 Å². The van der Waals surface area contributed by atoms with Gasteiger partial charge >= 0.3 is 0 Å². The molecule has 0 radical (unpaired) electrons. The van der Waals surface area contributed by atoms with Gasteiger partial charge in [0.1, 0.15) is 5.82 Å². The van der Waals surface area contributed by atoms with Gasteiger partial charge < -0.3 is 0 Å². The van der Waals surface area contributed by atoms with Crippen molar-refractivity contribution < 1.29 is 8.42 Å². The highest BCUT2D eigenvalue weighted by Crippen LogP contribution is 2.23. The predicted octanol–water partition coefficient (Wildman–Crippen LogP) is 4.42. The van der Waals surface area contributed by atoms with Gasteiger partial charge in [-0.1, -0.05) is 18.2 Å². The fourth-order valence-electron chi connectivity index (χ4n) is 3.66. The summed E-state index contributed by atoms with van der Waals surface area (Å²) in [6.07, 6.45) is 0. The van der Waals surface area contributed by atoms with Gasteiger partial charge in [-0.2, -0.15) is 0 Å². The molecule has 1 heterocycles. The minimum atomic E-state index is -3.74. The lowest BCUT2D eigenvalue weighted by molar-refractivity contribution is 0.600. The van der Waals surface area contributed by atoms with Gasteiger partial charge in [0, 0.05) is 5.69 Å². The quantitative estimate of drug-likeness (QED) is 0.517. The number of nitrogens with zero attached hydrogens (tertiary/aromatic N) is 2. The van der Waals surface area contributed by atoms with Crippen LogP contribution in [0.25, 0.3) is 16.6 Å². The molecule has 0 aliphatic carbocycles. The van der Waals surface area contributed by atoms with Crippen molar-refractivity contribution in [3.63, 3.8) is 0 Å². The second-order valence-corrected chi connectivity index (χ2v) is 9.32. The van der Waals surface area contributed by atoms with Gasteiger partial charge in [-0.3, -0.25) is 14.1 Å². The highest BCUT2D eigenvalue weighted by Gasteiger charge is 2.18. The van der Waals surface area contributed by atoms with Gasteiger partial charge in [0.15, 0.2) is 0 Å². The SMILES string of the molecule is Cc1cc(C)c(S(=O)(=O)Nc2ccc(-n3c(C)nc4ccccc4c3=O)cc2)cc1C. The second kappa shape index (κ2) is 7.67. The van der Waals surface area contributed by atoms with Crippen LogP contribution >= 0.6 is 0 Å². The zero-order valence-corrected chi connectivity index (χ0v) is 18.6. The Morgan fingerprint density at radius 2 is 1.48 bits per heavy atom. The van der Waals surface area contributed by atoms with Crippen LogP contribution < -0.4 is 10.3 Å². The van der Waals surface area contributed by atoms with E-state index in [0.29, 0.717) is 33.7 Å². The van der Waals surface area contributed by atoms with Crippen molar-refractivity contribution in [2.45, 2.75) is 32.6 Å². The minimum Gasteiger partial charge on any atom is -0.280 e. The van der Waals surface area contributed by atoms with Crippen LogP contribution in [0, 0.1) is 27.7 Å². The van der Waals surface area contributed by atoms with E-state index in [9.17, 15) is 13.2 Å². The number of para-hydroxylation sites is 1. The molecule has 0 bridgehead atoms. The summed E-state index contributed by atoms with van der Waals surface area (Å²) in [6, 6.07) is 17.4. The number of anilines is 1. The van der Waals surface area contributed by atoms with Gasteiger partial charge in [-0.25, -0.2) is 13.4 Å². The van der Waals surface area contributed by atoms with E-state index in [1.807, 2.05) is 26.0 Å². The minimum absolute atomic E-state index is 0.165. The van der Waals surface area contributed by atoms with Crippen molar-refractivity contribution in [3.05, 3.63) is 93.5 Å². The molecule has 1 N–H and O–H groups in total. The Bertz CT molecular complexity index is 1470. The van der Waals surface area contributed by atoms with Crippen LogP contribution in [0.5, 0.6) is 0 Å². The fraction of sp³-hybridized carbons (Fsp3) is 0.167. The molecule has 1 aromatic heterocycles. The third-order valence-electron chi connectivity index (χ3n) is 5.40. The van der Waals surface area contributed by atoms with E-state index >= 15 is 0 Å². The standard InChI is InChI=1S/C24H23N3O3S/c1-15-13-17(3)23(14-16(15)2)31(29,30)26-19-9-11-20(12-10-19)27-18(4)25-22-8-6-5-7-21(22)24(27)28/h5-14,26H,1-4H3. The number of aryl methyl sites for hydroxylation is 4. The fourth-order valence-corrected chi connectivity index (χ4v) is 5.03. The molecule has 0 amide bonds. The number of hydrogen-bond acceptors (Lipinski definition) is 4. The molecule has 6 nitrogen and oxygen atoms in total. The van der Waals surface area contributed by atoms with Crippen molar-refractivity contribution in [1.29, 1.82) is 0 Å². The van der Waals surface area contributed by atoms with Gasteiger partial charge in [0.05, 0.1) is 21.5 Å². The number of benzene rings is 3. The summed E-state index contributed by atoms with van der Waals surface area (Å²) < 4.78 is 30.0. The molecule has 0 aliphatic rings. The van der Waals surface area contributed by atoms with Gasteiger partial charge in [0.25, 0.3) is 15.6 Å². The van der Waals surface area contributed by atoms with Crippen LogP contribution in [-0.2, 0) is 10.0 Å². The van der Waals surface area contributed by atoms with Crippen LogP contribution in [0.15, 0.2) is 70.4 Å². The number of hydrogen-bond donors (Lipinski definition) is 1. The zero-order valence-electron chi connectivity index (χ0n) is 17.8. The molecule has 0 spiro atoms. The van der Waals surface area contributed by atoms with Crippen molar-refractivity contribution in [2.75, 3.05) is 4.72 Å². The van der Waals surface area contributed by atoms with E-state index in [0.717, 1.165) is 11.1 Å². The Balaban J connectivity index is 1.69. The molecule has 0 atom stereocenters. The smallest absolute Gasteiger partial charge is 0.265 e. The molecular weight excluding hydrogens is 410 g/mol. The van der Waals surface area contributed by atoms with Crippen molar-refractivity contribution in [2.24, 2.45) is 0 Å². The molecule has 158 valence electrons. The first-order valence-electron chi connectivity index (χ1n) is 9.87. The molecular formula is C24H23N3O3S. The Morgan fingerprint density at radius 3 is 2.19 bits per heavy atom.